The highest BCUT2D eigenvalue weighted by atomic mass is 32.2. The predicted molar refractivity (Wildman–Crippen MR) is 109 cm³/mol. The quantitative estimate of drug-likeness (QED) is 0.451. The molecule has 0 saturated carbocycles. The minimum Gasteiger partial charge on any atom is -0.466 e. The first kappa shape index (κ1) is 22.3. The Balaban J connectivity index is 1.94. The number of hydrogen-bond donors (Lipinski definition) is 2. The standard InChI is InChI=1S/C17H21N3O5S3/c1-4-25-16(22)8-13-9-26-17(20-13)27-10-15(21)19-12-6-5-11(2)14(7-12)28(23,24)18-3/h5-7,9,18H,4,8,10H2,1-3H3,(H,19,21). The lowest BCUT2D eigenvalue weighted by atomic mass is 10.2. The maximum Gasteiger partial charge on any atom is 0.311 e. The van der Waals surface area contributed by atoms with E-state index in [0.717, 1.165) is 0 Å². The normalized spacial score (nSPS) is 11.2. The van der Waals surface area contributed by atoms with Gasteiger partial charge in [0.25, 0.3) is 0 Å². The number of carbonyl (C=O) groups is 2. The van der Waals surface area contributed by atoms with E-state index in [1.807, 2.05) is 0 Å². The van der Waals surface area contributed by atoms with Crippen LogP contribution in [0.5, 0.6) is 0 Å². The van der Waals surface area contributed by atoms with Crippen LogP contribution in [0.2, 0.25) is 0 Å². The summed E-state index contributed by atoms with van der Waals surface area (Å²) in [6, 6.07) is 4.70. The molecule has 152 valence electrons. The summed E-state index contributed by atoms with van der Waals surface area (Å²) in [5.74, 6) is -0.522. The van der Waals surface area contributed by atoms with Gasteiger partial charge in [0.15, 0.2) is 4.34 Å². The second kappa shape index (κ2) is 10.0. The zero-order valence-corrected chi connectivity index (χ0v) is 18.1. The van der Waals surface area contributed by atoms with Gasteiger partial charge in [-0.05, 0) is 38.6 Å². The van der Waals surface area contributed by atoms with Gasteiger partial charge >= 0.3 is 5.97 Å². The molecule has 0 aliphatic heterocycles. The molecule has 0 aliphatic rings. The van der Waals surface area contributed by atoms with E-state index in [1.54, 1.807) is 31.4 Å². The van der Waals surface area contributed by atoms with E-state index in [0.29, 0.717) is 27.9 Å². The number of nitrogens with zero attached hydrogens (tertiary/aromatic N) is 1. The van der Waals surface area contributed by atoms with Crippen molar-refractivity contribution in [2.24, 2.45) is 0 Å². The predicted octanol–water partition coefficient (Wildman–Crippen LogP) is 2.20. The number of amides is 1. The van der Waals surface area contributed by atoms with Crippen molar-refractivity contribution in [3.8, 4) is 0 Å². The smallest absolute Gasteiger partial charge is 0.311 e. The Morgan fingerprint density at radius 3 is 2.75 bits per heavy atom. The molecule has 2 aromatic rings. The van der Waals surface area contributed by atoms with E-state index in [-0.39, 0.29) is 28.9 Å². The van der Waals surface area contributed by atoms with Crippen LogP contribution in [0.25, 0.3) is 0 Å². The molecule has 0 atom stereocenters. The number of aryl methyl sites for hydroxylation is 1. The van der Waals surface area contributed by atoms with E-state index < -0.39 is 10.0 Å². The third-order valence-corrected chi connectivity index (χ3v) is 7.14. The molecular formula is C17H21N3O5S3. The Labute approximate surface area is 172 Å². The molecule has 1 aromatic carbocycles. The molecule has 2 N–H and O–H groups in total. The fourth-order valence-electron chi connectivity index (χ4n) is 2.20. The van der Waals surface area contributed by atoms with Gasteiger partial charge < -0.3 is 10.1 Å². The van der Waals surface area contributed by atoms with E-state index in [2.05, 4.69) is 15.0 Å². The number of hydrogen-bond acceptors (Lipinski definition) is 8. The molecule has 8 nitrogen and oxygen atoms in total. The van der Waals surface area contributed by atoms with E-state index in [9.17, 15) is 18.0 Å². The molecule has 1 aromatic heterocycles. The topological polar surface area (TPSA) is 114 Å². The summed E-state index contributed by atoms with van der Waals surface area (Å²) in [5, 5.41) is 4.44. The highest BCUT2D eigenvalue weighted by Gasteiger charge is 2.16. The van der Waals surface area contributed by atoms with E-state index in [4.69, 9.17) is 4.74 Å². The second-order valence-corrected chi connectivity index (χ2v) is 9.55. The second-order valence-electron chi connectivity index (χ2n) is 5.61. The molecule has 0 spiro atoms. The molecule has 28 heavy (non-hydrogen) atoms. The maximum absolute atomic E-state index is 12.2. The van der Waals surface area contributed by atoms with Crippen LogP contribution in [0, 0.1) is 6.92 Å². The molecular weight excluding hydrogens is 422 g/mol. The molecule has 0 fully saturated rings. The van der Waals surface area contributed by atoms with E-state index >= 15 is 0 Å². The average molecular weight is 444 g/mol. The number of thiazole rings is 1. The number of carbonyl (C=O) groups excluding carboxylic acids is 2. The van der Waals surface area contributed by atoms with Crippen molar-refractivity contribution in [1.82, 2.24) is 9.71 Å². The first-order valence-corrected chi connectivity index (χ1v) is 11.7. The molecule has 2 rings (SSSR count). The van der Waals surface area contributed by atoms with Crippen molar-refractivity contribution in [3.63, 3.8) is 0 Å². The Hall–Kier alpha value is -1.95. The lowest BCUT2D eigenvalue weighted by Gasteiger charge is -2.10. The molecule has 0 radical (unpaired) electrons. The maximum atomic E-state index is 12.2. The zero-order chi connectivity index (χ0) is 20.7. The lowest BCUT2D eigenvalue weighted by molar-refractivity contribution is -0.142. The summed E-state index contributed by atoms with van der Waals surface area (Å²) in [6.07, 6.45) is 0.100. The van der Waals surface area contributed by atoms with Gasteiger partial charge in [-0.25, -0.2) is 18.1 Å². The number of sulfonamides is 1. The van der Waals surface area contributed by atoms with Crippen LogP contribution >= 0.6 is 23.1 Å². The van der Waals surface area contributed by atoms with Gasteiger partial charge in [-0.15, -0.1) is 11.3 Å². The Kier molecular flexibility index (Phi) is 7.98. The largest absolute Gasteiger partial charge is 0.466 e. The van der Waals surface area contributed by atoms with Crippen molar-refractivity contribution in [1.29, 1.82) is 0 Å². The number of aromatic nitrogens is 1. The monoisotopic (exact) mass is 443 g/mol. The number of esters is 1. The van der Waals surface area contributed by atoms with Crippen molar-refractivity contribution in [2.75, 3.05) is 24.7 Å². The van der Waals surface area contributed by atoms with Gasteiger partial charge in [0, 0.05) is 11.1 Å². The number of rotatable bonds is 9. The summed E-state index contributed by atoms with van der Waals surface area (Å²) in [5.41, 5.74) is 1.58. The van der Waals surface area contributed by atoms with Gasteiger partial charge in [0.05, 0.1) is 29.4 Å². The average Bonchev–Trinajstić information content (AvgIpc) is 3.09. The molecule has 0 bridgehead atoms. The third-order valence-electron chi connectivity index (χ3n) is 3.52. The minimum atomic E-state index is -3.61. The molecule has 0 aliphatic carbocycles. The first-order chi connectivity index (χ1) is 13.2. The lowest BCUT2D eigenvalue weighted by Crippen LogP contribution is -2.20. The fourth-order valence-corrected chi connectivity index (χ4v) is 4.84. The van der Waals surface area contributed by atoms with Crippen molar-refractivity contribution in [2.45, 2.75) is 29.5 Å². The van der Waals surface area contributed by atoms with E-state index in [1.165, 1.54) is 36.2 Å². The summed E-state index contributed by atoms with van der Waals surface area (Å²) in [4.78, 5) is 28.0. The van der Waals surface area contributed by atoms with Crippen LogP contribution in [-0.4, -0.2) is 44.7 Å². The number of benzene rings is 1. The Bertz CT molecular complexity index is 957. The van der Waals surface area contributed by atoms with Crippen LogP contribution < -0.4 is 10.0 Å². The fraction of sp³-hybridized carbons (Fsp3) is 0.353. The molecule has 0 saturated heterocycles. The molecule has 0 unspecified atom stereocenters. The number of ether oxygens (including phenoxy) is 1. The van der Waals surface area contributed by atoms with Crippen molar-refractivity contribution in [3.05, 3.63) is 34.8 Å². The zero-order valence-electron chi connectivity index (χ0n) is 15.6. The summed E-state index contributed by atoms with van der Waals surface area (Å²) in [6.45, 7) is 3.74. The van der Waals surface area contributed by atoms with Crippen LogP contribution in [0.4, 0.5) is 5.69 Å². The number of anilines is 1. The number of nitrogens with one attached hydrogen (secondary N) is 2. The highest BCUT2D eigenvalue weighted by Crippen LogP contribution is 2.24. The van der Waals surface area contributed by atoms with Crippen LogP contribution in [0.15, 0.2) is 32.8 Å². The van der Waals surface area contributed by atoms with Gasteiger partial charge in [-0.3, -0.25) is 9.59 Å². The van der Waals surface area contributed by atoms with Gasteiger partial charge in [0.2, 0.25) is 15.9 Å². The van der Waals surface area contributed by atoms with Gasteiger partial charge in [0.1, 0.15) is 0 Å². The third kappa shape index (κ3) is 6.30. The van der Waals surface area contributed by atoms with Gasteiger partial charge in [-0.2, -0.15) is 0 Å². The minimum absolute atomic E-state index is 0.100. The van der Waals surface area contributed by atoms with Crippen LogP contribution in [0.3, 0.4) is 0 Å². The Morgan fingerprint density at radius 1 is 1.32 bits per heavy atom. The van der Waals surface area contributed by atoms with Crippen molar-refractivity contribution < 1.29 is 22.7 Å². The Morgan fingerprint density at radius 2 is 2.07 bits per heavy atom. The molecule has 1 amide bonds. The summed E-state index contributed by atoms with van der Waals surface area (Å²) < 4.78 is 31.9. The SMILES string of the molecule is CCOC(=O)Cc1csc(SCC(=O)Nc2ccc(C)c(S(=O)(=O)NC)c2)n1. The number of thioether (sulfide) groups is 1. The van der Waals surface area contributed by atoms with Crippen LogP contribution in [-0.2, 0) is 30.8 Å². The summed E-state index contributed by atoms with van der Waals surface area (Å²) >= 11 is 2.58. The first-order valence-electron chi connectivity index (χ1n) is 8.32. The highest BCUT2D eigenvalue weighted by molar-refractivity contribution is 8.01. The summed E-state index contributed by atoms with van der Waals surface area (Å²) in [7, 11) is -2.27. The molecule has 1 heterocycles. The van der Waals surface area contributed by atoms with Gasteiger partial charge in [-0.1, -0.05) is 17.8 Å². The molecule has 11 heteroatoms. The van der Waals surface area contributed by atoms with Crippen molar-refractivity contribution >= 4 is 50.7 Å². The van der Waals surface area contributed by atoms with Crippen LogP contribution in [0.1, 0.15) is 18.2 Å².